The van der Waals surface area contributed by atoms with Crippen molar-refractivity contribution in [3.8, 4) is 0 Å². The highest BCUT2D eigenvalue weighted by molar-refractivity contribution is 5.79. The van der Waals surface area contributed by atoms with Crippen LogP contribution in [0.2, 0.25) is 0 Å². The van der Waals surface area contributed by atoms with E-state index >= 15 is 0 Å². The van der Waals surface area contributed by atoms with Gasteiger partial charge >= 0.3 is 0 Å². The first-order chi connectivity index (χ1) is 14.2. The molecule has 4 heteroatoms. The van der Waals surface area contributed by atoms with Crippen molar-refractivity contribution in [1.82, 2.24) is 9.88 Å². The Bertz CT molecular complexity index is 956. The van der Waals surface area contributed by atoms with Crippen LogP contribution in [0.4, 0.5) is 4.39 Å². The molecule has 2 heterocycles. The molecule has 0 N–H and O–H groups in total. The second kappa shape index (κ2) is 8.99. The van der Waals surface area contributed by atoms with Crippen molar-refractivity contribution >= 4 is 5.91 Å². The van der Waals surface area contributed by atoms with E-state index in [-0.39, 0.29) is 17.6 Å². The summed E-state index contributed by atoms with van der Waals surface area (Å²) in [7, 11) is 0. The van der Waals surface area contributed by atoms with E-state index in [9.17, 15) is 9.18 Å². The number of aromatic nitrogens is 1. The van der Waals surface area contributed by atoms with Crippen LogP contribution in [-0.2, 0) is 17.6 Å². The zero-order chi connectivity index (χ0) is 20.1. The highest BCUT2D eigenvalue weighted by Crippen LogP contribution is 2.26. The predicted molar refractivity (Wildman–Crippen MR) is 112 cm³/mol. The summed E-state index contributed by atoms with van der Waals surface area (Å²) in [5.41, 5.74) is 4.11. The Morgan fingerprint density at radius 3 is 2.55 bits per heavy atom. The largest absolute Gasteiger partial charge is 0.342 e. The molecule has 2 aromatic carbocycles. The van der Waals surface area contributed by atoms with Gasteiger partial charge in [-0.15, -0.1) is 0 Å². The third-order valence-electron chi connectivity index (χ3n) is 5.52. The number of nitrogens with zero attached hydrogens (tertiary/aromatic N) is 2. The van der Waals surface area contributed by atoms with E-state index in [4.69, 9.17) is 4.98 Å². The first-order valence-corrected chi connectivity index (χ1v) is 10.2. The van der Waals surface area contributed by atoms with E-state index in [2.05, 4.69) is 6.07 Å². The molecule has 1 amide bonds. The topological polar surface area (TPSA) is 33.2 Å². The number of amides is 1. The van der Waals surface area contributed by atoms with Gasteiger partial charge in [0.1, 0.15) is 5.82 Å². The minimum absolute atomic E-state index is 0.184. The summed E-state index contributed by atoms with van der Waals surface area (Å²) < 4.78 is 13.1. The molecule has 1 aromatic heterocycles. The number of piperidine rings is 1. The number of carbonyl (C=O) groups excluding carboxylic acids is 1. The number of rotatable bonds is 5. The quantitative estimate of drug-likeness (QED) is 0.631. The van der Waals surface area contributed by atoms with Crippen LogP contribution in [0.3, 0.4) is 0 Å². The molecule has 1 saturated heterocycles. The molecule has 148 valence electrons. The minimum atomic E-state index is -0.224. The lowest BCUT2D eigenvalue weighted by Crippen LogP contribution is -2.40. The molecule has 0 bridgehead atoms. The molecule has 0 aliphatic carbocycles. The fraction of sp³-hybridized carbons (Fsp3) is 0.280. The maximum absolute atomic E-state index is 13.1. The van der Waals surface area contributed by atoms with E-state index in [0.717, 1.165) is 48.4 Å². The van der Waals surface area contributed by atoms with E-state index in [1.54, 1.807) is 12.1 Å². The normalized spacial score (nSPS) is 16.6. The van der Waals surface area contributed by atoms with Gasteiger partial charge in [-0.05, 0) is 48.2 Å². The van der Waals surface area contributed by atoms with Crippen molar-refractivity contribution in [2.75, 3.05) is 13.1 Å². The van der Waals surface area contributed by atoms with E-state index in [1.807, 2.05) is 47.4 Å². The van der Waals surface area contributed by atoms with Crippen LogP contribution in [-0.4, -0.2) is 28.9 Å². The molecule has 3 aromatic rings. The summed E-state index contributed by atoms with van der Waals surface area (Å²) in [4.78, 5) is 19.6. The lowest BCUT2D eigenvalue weighted by Gasteiger charge is -2.32. The Morgan fingerprint density at radius 2 is 1.76 bits per heavy atom. The van der Waals surface area contributed by atoms with Gasteiger partial charge in [0, 0.05) is 36.8 Å². The van der Waals surface area contributed by atoms with Gasteiger partial charge in [-0.1, -0.05) is 48.5 Å². The average molecular weight is 388 g/mol. The summed E-state index contributed by atoms with van der Waals surface area (Å²) in [6.45, 7) is 1.54. The second-order valence-electron chi connectivity index (χ2n) is 7.70. The van der Waals surface area contributed by atoms with Gasteiger partial charge in [-0.3, -0.25) is 9.78 Å². The molecule has 1 aliphatic heterocycles. The molecule has 1 fully saturated rings. The second-order valence-corrected chi connectivity index (χ2v) is 7.70. The van der Waals surface area contributed by atoms with Gasteiger partial charge in [0.2, 0.25) is 5.91 Å². The van der Waals surface area contributed by atoms with Gasteiger partial charge in [-0.25, -0.2) is 4.39 Å². The molecular weight excluding hydrogens is 363 g/mol. The molecular formula is C25H25FN2O. The monoisotopic (exact) mass is 388 g/mol. The van der Waals surface area contributed by atoms with Crippen LogP contribution < -0.4 is 0 Å². The molecule has 4 rings (SSSR count). The van der Waals surface area contributed by atoms with Crippen LogP contribution >= 0.6 is 0 Å². The number of halogens is 1. The van der Waals surface area contributed by atoms with E-state index in [1.165, 1.54) is 12.1 Å². The molecule has 1 unspecified atom stereocenters. The van der Waals surface area contributed by atoms with Gasteiger partial charge in [0.25, 0.3) is 0 Å². The molecule has 3 nitrogen and oxygen atoms in total. The molecule has 29 heavy (non-hydrogen) atoms. The van der Waals surface area contributed by atoms with Crippen molar-refractivity contribution in [1.29, 1.82) is 0 Å². The van der Waals surface area contributed by atoms with Crippen LogP contribution in [0.5, 0.6) is 0 Å². The highest BCUT2D eigenvalue weighted by Gasteiger charge is 2.25. The Balaban J connectivity index is 1.42. The number of likely N-dealkylation sites (tertiary alicyclic amines) is 1. The summed E-state index contributed by atoms with van der Waals surface area (Å²) in [6.07, 6.45) is 3.17. The molecule has 0 saturated carbocycles. The number of hydrogen-bond donors (Lipinski definition) is 0. The maximum Gasteiger partial charge on any atom is 0.227 e. The summed E-state index contributed by atoms with van der Waals surface area (Å²) >= 11 is 0. The van der Waals surface area contributed by atoms with Crippen molar-refractivity contribution in [2.45, 2.75) is 31.6 Å². The fourth-order valence-electron chi connectivity index (χ4n) is 3.96. The Kier molecular flexibility index (Phi) is 5.99. The molecule has 1 aliphatic rings. The Morgan fingerprint density at radius 1 is 0.966 bits per heavy atom. The van der Waals surface area contributed by atoms with Crippen molar-refractivity contribution in [2.24, 2.45) is 0 Å². The van der Waals surface area contributed by atoms with Crippen LogP contribution in [0.1, 0.15) is 41.3 Å². The van der Waals surface area contributed by atoms with Gasteiger partial charge in [-0.2, -0.15) is 0 Å². The van der Waals surface area contributed by atoms with Crippen LogP contribution in [0.25, 0.3) is 0 Å². The highest BCUT2D eigenvalue weighted by atomic mass is 19.1. The third kappa shape index (κ3) is 5.08. The maximum atomic E-state index is 13.1. The van der Waals surface area contributed by atoms with Crippen molar-refractivity contribution in [3.05, 3.63) is 101 Å². The molecule has 0 spiro atoms. The van der Waals surface area contributed by atoms with Crippen molar-refractivity contribution in [3.63, 3.8) is 0 Å². The number of hydrogen-bond acceptors (Lipinski definition) is 2. The van der Waals surface area contributed by atoms with Crippen LogP contribution in [0.15, 0.2) is 72.8 Å². The minimum Gasteiger partial charge on any atom is -0.342 e. The number of carbonyl (C=O) groups is 1. The van der Waals surface area contributed by atoms with E-state index < -0.39 is 0 Å². The third-order valence-corrected chi connectivity index (χ3v) is 5.52. The average Bonchev–Trinajstić information content (AvgIpc) is 2.76. The summed E-state index contributed by atoms with van der Waals surface area (Å²) in [6, 6.07) is 22.6. The zero-order valence-electron chi connectivity index (χ0n) is 16.4. The van der Waals surface area contributed by atoms with Gasteiger partial charge in [0.15, 0.2) is 0 Å². The Hall–Kier alpha value is -3.01. The lowest BCUT2D eigenvalue weighted by molar-refractivity contribution is -0.131. The van der Waals surface area contributed by atoms with E-state index in [0.29, 0.717) is 12.8 Å². The number of pyridine rings is 1. The van der Waals surface area contributed by atoms with Crippen LogP contribution in [0, 0.1) is 5.82 Å². The molecule has 1 atom stereocenters. The molecule has 0 radical (unpaired) electrons. The lowest BCUT2D eigenvalue weighted by atomic mass is 9.93. The van der Waals surface area contributed by atoms with Gasteiger partial charge in [0.05, 0.1) is 6.42 Å². The standard InChI is InChI=1S/C25H25FN2O/c26-22-13-11-20(12-14-22)16-23-9-4-10-24(27-23)21-8-5-15-28(18-21)25(29)17-19-6-2-1-3-7-19/h1-4,6-7,9-14,21H,5,8,15-18H2. The zero-order valence-corrected chi connectivity index (χ0v) is 16.4. The number of benzene rings is 2. The summed E-state index contributed by atoms with van der Waals surface area (Å²) in [5.74, 6) is 0.220. The van der Waals surface area contributed by atoms with Gasteiger partial charge < -0.3 is 4.90 Å². The predicted octanol–water partition coefficient (Wildman–Crippen LogP) is 4.76. The fourth-order valence-corrected chi connectivity index (χ4v) is 3.96. The summed E-state index contributed by atoms with van der Waals surface area (Å²) in [5, 5.41) is 0. The SMILES string of the molecule is O=C(Cc1ccccc1)N1CCCC(c2cccc(Cc3ccc(F)cc3)n2)C1. The smallest absolute Gasteiger partial charge is 0.227 e. The first-order valence-electron chi connectivity index (χ1n) is 10.2. The first kappa shape index (κ1) is 19.3. The Labute approximate surface area is 171 Å². The van der Waals surface area contributed by atoms with Crippen molar-refractivity contribution < 1.29 is 9.18 Å².